The van der Waals surface area contributed by atoms with E-state index >= 15 is 0 Å². The molecule has 1 unspecified atom stereocenters. The highest BCUT2D eigenvalue weighted by atomic mass is 32.2. The fourth-order valence-corrected chi connectivity index (χ4v) is 3.98. The van der Waals surface area contributed by atoms with Gasteiger partial charge in [0, 0.05) is 39.4 Å². The minimum absolute atomic E-state index is 0.133. The largest absolute Gasteiger partial charge is 0.339 e. The first-order valence-electron chi connectivity index (χ1n) is 7.34. The second-order valence-electron chi connectivity index (χ2n) is 5.78. The predicted octanol–water partition coefficient (Wildman–Crippen LogP) is -0.289. The molecule has 7 nitrogen and oxygen atoms in total. The zero-order valence-corrected chi connectivity index (χ0v) is 13.6. The number of rotatable bonds is 5. The lowest BCUT2D eigenvalue weighted by molar-refractivity contribution is 0.250. The van der Waals surface area contributed by atoms with Gasteiger partial charge in [0.05, 0.1) is 6.33 Å². The van der Waals surface area contributed by atoms with Crippen LogP contribution in [-0.2, 0) is 17.1 Å². The highest BCUT2D eigenvalue weighted by molar-refractivity contribution is 7.89. The van der Waals surface area contributed by atoms with E-state index in [1.54, 1.807) is 22.1 Å². The van der Waals surface area contributed by atoms with E-state index in [0.717, 1.165) is 26.1 Å². The van der Waals surface area contributed by atoms with Gasteiger partial charge >= 0.3 is 0 Å². The highest BCUT2D eigenvalue weighted by Gasteiger charge is 2.28. The molecule has 2 heterocycles. The smallest absolute Gasteiger partial charge is 0.262 e. The van der Waals surface area contributed by atoms with Crippen molar-refractivity contribution in [3.05, 3.63) is 12.5 Å². The van der Waals surface area contributed by atoms with Crippen LogP contribution in [0.3, 0.4) is 0 Å². The van der Waals surface area contributed by atoms with Crippen LogP contribution in [0.25, 0.3) is 0 Å². The molecule has 2 N–H and O–H groups in total. The Hall–Kier alpha value is -0.960. The Kier molecular flexibility index (Phi) is 5.37. The number of sulfonamides is 1. The Bertz CT molecular complexity index is 557. The van der Waals surface area contributed by atoms with Crippen molar-refractivity contribution < 1.29 is 8.42 Å². The first-order valence-corrected chi connectivity index (χ1v) is 8.78. The van der Waals surface area contributed by atoms with Crippen molar-refractivity contribution >= 4 is 10.0 Å². The van der Waals surface area contributed by atoms with Crippen molar-refractivity contribution in [1.82, 2.24) is 18.8 Å². The Morgan fingerprint density at radius 3 is 2.71 bits per heavy atom. The Balaban J connectivity index is 2.02. The van der Waals surface area contributed by atoms with Crippen LogP contribution in [0.15, 0.2) is 17.6 Å². The third-order valence-electron chi connectivity index (χ3n) is 3.81. The molecule has 2 rings (SSSR count). The maximum atomic E-state index is 12.5. The standard InChI is InChI=1S/C13H25N5O2S/c1-12(8-14)9-17-4-3-5-18(7-6-17)21(19,20)13-10-16(2)11-15-13/h10-12H,3-9,14H2,1-2H3. The number of aryl methyl sites for hydroxylation is 1. The van der Waals surface area contributed by atoms with Gasteiger partial charge in [-0.2, -0.15) is 4.31 Å². The van der Waals surface area contributed by atoms with E-state index in [-0.39, 0.29) is 5.03 Å². The summed E-state index contributed by atoms with van der Waals surface area (Å²) in [6.07, 6.45) is 3.90. The van der Waals surface area contributed by atoms with Crippen molar-refractivity contribution in [2.75, 3.05) is 39.3 Å². The summed E-state index contributed by atoms with van der Waals surface area (Å²) in [5, 5.41) is 0.133. The molecule has 0 aliphatic carbocycles. The number of aromatic nitrogens is 2. The molecular formula is C13H25N5O2S. The summed E-state index contributed by atoms with van der Waals surface area (Å²) < 4.78 is 28.3. The lowest BCUT2D eigenvalue weighted by atomic mass is 10.1. The van der Waals surface area contributed by atoms with E-state index in [2.05, 4.69) is 16.8 Å². The van der Waals surface area contributed by atoms with Gasteiger partial charge in [-0.3, -0.25) is 0 Å². The van der Waals surface area contributed by atoms with E-state index < -0.39 is 10.0 Å². The average molecular weight is 315 g/mol. The van der Waals surface area contributed by atoms with Gasteiger partial charge in [-0.1, -0.05) is 6.92 Å². The quantitative estimate of drug-likeness (QED) is 0.807. The molecular weight excluding hydrogens is 290 g/mol. The fourth-order valence-electron chi connectivity index (χ4n) is 2.54. The fraction of sp³-hybridized carbons (Fsp3) is 0.769. The molecule has 0 radical (unpaired) electrons. The highest BCUT2D eigenvalue weighted by Crippen LogP contribution is 2.16. The lowest BCUT2D eigenvalue weighted by Crippen LogP contribution is -2.37. The molecule has 1 aliphatic heterocycles. The molecule has 0 amide bonds. The summed E-state index contributed by atoms with van der Waals surface area (Å²) >= 11 is 0. The van der Waals surface area contributed by atoms with Crippen LogP contribution < -0.4 is 5.73 Å². The van der Waals surface area contributed by atoms with Crippen LogP contribution in [-0.4, -0.2) is 66.4 Å². The molecule has 0 bridgehead atoms. The molecule has 1 saturated heterocycles. The van der Waals surface area contributed by atoms with Gasteiger partial charge in [0.25, 0.3) is 10.0 Å². The first-order chi connectivity index (χ1) is 9.93. The van der Waals surface area contributed by atoms with E-state index in [1.807, 2.05) is 0 Å². The monoisotopic (exact) mass is 315 g/mol. The molecule has 8 heteroatoms. The van der Waals surface area contributed by atoms with Crippen molar-refractivity contribution in [2.45, 2.75) is 18.4 Å². The van der Waals surface area contributed by atoms with E-state index in [9.17, 15) is 8.42 Å². The van der Waals surface area contributed by atoms with E-state index in [4.69, 9.17) is 5.73 Å². The van der Waals surface area contributed by atoms with Gasteiger partial charge in [0.2, 0.25) is 0 Å². The normalized spacial score (nSPS) is 20.3. The number of imidazole rings is 1. The number of hydrogen-bond donors (Lipinski definition) is 1. The van der Waals surface area contributed by atoms with Gasteiger partial charge < -0.3 is 15.2 Å². The number of nitrogens with two attached hydrogens (primary N) is 1. The minimum atomic E-state index is -3.47. The summed E-state index contributed by atoms with van der Waals surface area (Å²) in [4.78, 5) is 6.27. The zero-order valence-electron chi connectivity index (χ0n) is 12.8. The molecule has 0 spiro atoms. The van der Waals surface area contributed by atoms with Crippen LogP contribution in [0.2, 0.25) is 0 Å². The SMILES string of the molecule is CC(CN)CN1CCCN(S(=O)(=O)c2cn(C)cn2)CC1. The zero-order chi connectivity index (χ0) is 15.5. The maximum absolute atomic E-state index is 12.5. The number of hydrogen-bond acceptors (Lipinski definition) is 5. The molecule has 1 aromatic heterocycles. The molecule has 1 aromatic rings. The van der Waals surface area contributed by atoms with Gasteiger partial charge in [-0.15, -0.1) is 0 Å². The topological polar surface area (TPSA) is 84.5 Å². The molecule has 1 fully saturated rings. The van der Waals surface area contributed by atoms with Crippen molar-refractivity contribution in [3.8, 4) is 0 Å². The van der Waals surface area contributed by atoms with Gasteiger partial charge in [0.15, 0.2) is 5.03 Å². The summed E-state index contributed by atoms with van der Waals surface area (Å²) in [7, 11) is -1.70. The first kappa shape index (κ1) is 16.4. The van der Waals surface area contributed by atoms with Gasteiger partial charge in [-0.05, 0) is 25.4 Å². The summed E-state index contributed by atoms with van der Waals surface area (Å²) in [6.45, 7) is 6.42. The van der Waals surface area contributed by atoms with Crippen molar-refractivity contribution in [2.24, 2.45) is 18.7 Å². The Morgan fingerprint density at radius 2 is 2.10 bits per heavy atom. The van der Waals surface area contributed by atoms with Gasteiger partial charge in [-0.25, -0.2) is 13.4 Å². The second kappa shape index (κ2) is 6.87. The van der Waals surface area contributed by atoms with E-state index in [0.29, 0.717) is 25.6 Å². The number of nitrogens with zero attached hydrogens (tertiary/aromatic N) is 4. The summed E-state index contributed by atoms with van der Waals surface area (Å²) in [5.41, 5.74) is 5.66. The molecule has 0 saturated carbocycles. The van der Waals surface area contributed by atoms with E-state index in [1.165, 1.54) is 6.33 Å². The third kappa shape index (κ3) is 4.03. The predicted molar refractivity (Wildman–Crippen MR) is 81.2 cm³/mol. The lowest BCUT2D eigenvalue weighted by Gasteiger charge is -2.23. The average Bonchev–Trinajstić information content (AvgIpc) is 2.75. The van der Waals surface area contributed by atoms with Crippen LogP contribution in [0.1, 0.15) is 13.3 Å². The van der Waals surface area contributed by atoms with Crippen molar-refractivity contribution in [3.63, 3.8) is 0 Å². The second-order valence-corrected chi connectivity index (χ2v) is 7.66. The minimum Gasteiger partial charge on any atom is -0.339 e. The molecule has 120 valence electrons. The van der Waals surface area contributed by atoms with Crippen LogP contribution in [0.5, 0.6) is 0 Å². The van der Waals surface area contributed by atoms with Gasteiger partial charge in [0.1, 0.15) is 0 Å². The molecule has 1 atom stereocenters. The van der Waals surface area contributed by atoms with Crippen LogP contribution >= 0.6 is 0 Å². The summed E-state index contributed by atoms with van der Waals surface area (Å²) in [5.74, 6) is 0.434. The Labute approximate surface area is 126 Å². The van der Waals surface area contributed by atoms with Crippen LogP contribution in [0, 0.1) is 5.92 Å². The maximum Gasteiger partial charge on any atom is 0.262 e. The Morgan fingerprint density at radius 1 is 1.33 bits per heavy atom. The molecule has 0 aromatic carbocycles. The third-order valence-corrected chi connectivity index (χ3v) is 5.59. The van der Waals surface area contributed by atoms with Crippen LogP contribution in [0.4, 0.5) is 0 Å². The summed E-state index contributed by atoms with van der Waals surface area (Å²) in [6, 6.07) is 0. The molecule has 21 heavy (non-hydrogen) atoms. The van der Waals surface area contributed by atoms with Crippen molar-refractivity contribution in [1.29, 1.82) is 0 Å². The molecule has 1 aliphatic rings.